The van der Waals surface area contributed by atoms with Gasteiger partial charge in [-0.05, 0) is 82.5 Å². The Kier molecular flexibility index (Phi) is 8.27. The van der Waals surface area contributed by atoms with Crippen molar-refractivity contribution in [2.75, 3.05) is 6.61 Å². The van der Waals surface area contributed by atoms with Crippen LogP contribution in [0.1, 0.15) is 72.1 Å². The SMILES string of the molecule is C=C(C)C(=O)O.C=C(C)C(=O)OC1(CC)C2CC3CC(C2)CC1C3.O=C1CCCO1. The molecular weight excluding hydrogens is 384 g/mol. The summed E-state index contributed by atoms with van der Waals surface area (Å²) in [6.45, 7) is 12.9. The van der Waals surface area contributed by atoms with Gasteiger partial charge in [0, 0.05) is 17.6 Å². The zero-order valence-electron chi connectivity index (χ0n) is 18.6. The van der Waals surface area contributed by atoms with E-state index in [-0.39, 0.29) is 23.1 Å². The quantitative estimate of drug-likeness (QED) is 0.525. The molecule has 168 valence electrons. The van der Waals surface area contributed by atoms with Crippen LogP contribution in [0.15, 0.2) is 24.3 Å². The predicted octanol–water partition coefficient (Wildman–Crippen LogP) is 4.68. The van der Waals surface area contributed by atoms with Crippen molar-refractivity contribution in [1.82, 2.24) is 0 Å². The van der Waals surface area contributed by atoms with Crippen LogP contribution in [0.5, 0.6) is 0 Å². The molecule has 1 N–H and O–H groups in total. The molecule has 6 heteroatoms. The first-order chi connectivity index (χ1) is 14.1. The molecule has 5 rings (SSSR count). The number of carbonyl (C=O) groups excluding carboxylic acids is 2. The van der Waals surface area contributed by atoms with Gasteiger partial charge in [-0.25, -0.2) is 9.59 Å². The Balaban J connectivity index is 0.000000220. The normalized spacial score (nSPS) is 32.7. The minimum absolute atomic E-state index is 0.0463. The molecule has 4 bridgehead atoms. The van der Waals surface area contributed by atoms with Gasteiger partial charge in [0.25, 0.3) is 0 Å². The maximum Gasteiger partial charge on any atom is 0.333 e. The Labute approximate surface area is 179 Å². The van der Waals surface area contributed by atoms with E-state index in [0.717, 1.165) is 24.7 Å². The van der Waals surface area contributed by atoms with E-state index in [1.165, 1.54) is 39.0 Å². The average molecular weight is 421 g/mol. The first-order valence-electron chi connectivity index (χ1n) is 11.0. The number of carboxylic acids is 1. The monoisotopic (exact) mass is 420 g/mol. The Morgan fingerprint density at radius 3 is 1.83 bits per heavy atom. The summed E-state index contributed by atoms with van der Waals surface area (Å²) in [5.74, 6) is 1.89. The molecule has 0 atom stereocenters. The fourth-order valence-electron chi connectivity index (χ4n) is 5.53. The van der Waals surface area contributed by atoms with Gasteiger partial charge in [-0.2, -0.15) is 0 Å². The van der Waals surface area contributed by atoms with Crippen molar-refractivity contribution in [2.24, 2.45) is 23.7 Å². The molecule has 0 amide bonds. The van der Waals surface area contributed by atoms with Crippen LogP contribution in [0, 0.1) is 23.7 Å². The number of esters is 2. The summed E-state index contributed by atoms with van der Waals surface area (Å²) in [7, 11) is 0. The van der Waals surface area contributed by atoms with E-state index in [4.69, 9.17) is 9.84 Å². The maximum atomic E-state index is 12.0. The standard InChI is InChI=1S/C16H24O2.2C4H6O2/c1-4-16(18-15(17)10(2)3)13-6-11-5-12(8-13)9-14(16)7-11;5-4-2-1-3-6-4;1-3(2)4(5)6/h11-14H,2,4-9H2,1,3H3;1-3H2;1H2,2H3,(H,5,6). The van der Waals surface area contributed by atoms with Gasteiger partial charge in [0.2, 0.25) is 0 Å². The molecule has 30 heavy (non-hydrogen) atoms. The second-order valence-corrected chi connectivity index (χ2v) is 9.19. The van der Waals surface area contributed by atoms with Gasteiger partial charge in [-0.1, -0.05) is 20.1 Å². The summed E-state index contributed by atoms with van der Waals surface area (Å²) in [5, 5.41) is 7.89. The number of aliphatic carboxylic acids is 1. The minimum atomic E-state index is -0.935. The molecule has 0 unspecified atom stereocenters. The lowest BCUT2D eigenvalue weighted by atomic mass is 9.49. The van der Waals surface area contributed by atoms with Gasteiger partial charge < -0.3 is 14.6 Å². The highest BCUT2D eigenvalue weighted by Gasteiger charge is 2.58. The molecule has 1 aliphatic heterocycles. The van der Waals surface area contributed by atoms with E-state index in [1.54, 1.807) is 6.92 Å². The Morgan fingerprint density at radius 1 is 1.07 bits per heavy atom. The molecule has 0 radical (unpaired) electrons. The summed E-state index contributed by atoms with van der Waals surface area (Å²) in [5.41, 5.74) is 0.551. The zero-order chi connectivity index (χ0) is 22.5. The smallest absolute Gasteiger partial charge is 0.333 e. The van der Waals surface area contributed by atoms with Gasteiger partial charge in [0.1, 0.15) is 5.60 Å². The minimum Gasteiger partial charge on any atom is -0.478 e. The zero-order valence-corrected chi connectivity index (χ0v) is 18.6. The van der Waals surface area contributed by atoms with Crippen LogP contribution in [-0.4, -0.2) is 35.2 Å². The molecule has 4 aliphatic carbocycles. The second kappa shape index (κ2) is 10.3. The number of rotatable bonds is 4. The lowest BCUT2D eigenvalue weighted by molar-refractivity contribution is -0.207. The van der Waals surface area contributed by atoms with Crippen molar-refractivity contribution >= 4 is 17.9 Å². The molecule has 4 saturated carbocycles. The number of hydrogen-bond donors (Lipinski definition) is 1. The van der Waals surface area contributed by atoms with Gasteiger partial charge in [0.05, 0.1) is 6.61 Å². The highest BCUT2D eigenvalue weighted by atomic mass is 16.6. The summed E-state index contributed by atoms with van der Waals surface area (Å²) >= 11 is 0. The number of hydrogen-bond acceptors (Lipinski definition) is 5. The van der Waals surface area contributed by atoms with E-state index in [0.29, 0.717) is 30.4 Å². The molecule has 5 fully saturated rings. The largest absolute Gasteiger partial charge is 0.478 e. The van der Waals surface area contributed by atoms with Crippen LogP contribution < -0.4 is 0 Å². The van der Waals surface area contributed by atoms with Gasteiger partial charge >= 0.3 is 17.9 Å². The first-order valence-corrected chi connectivity index (χ1v) is 11.0. The highest BCUT2D eigenvalue weighted by molar-refractivity contribution is 5.87. The van der Waals surface area contributed by atoms with Crippen molar-refractivity contribution in [3.63, 3.8) is 0 Å². The molecular formula is C24H36O6. The van der Waals surface area contributed by atoms with Crippen LogP contribution in [0.3, 0.4) is 0 Å². The maximum absolute atomic E-state index is 12.0. The van der Waals surface area contributed by atoms with Crippen molar-refractivity contribution in [3.8, 4) is 0 Å². The molecule has 0 aromatic carbocycles. The van der Waals surface area contributed by atoms with Crippen LogP contribution >= 0.6 is 0 Å². The summed E-state index contributed by atoms with van der Waals surface area (Å²) in [4.78, 5) is 31.6. The fourth-order valence-corrected chi connectivity index (χ4v) is 5.53. The number of carbonyl (C=O) groups is 3. The third-order valence-corrected chi connectivity index (χ3v) is 6.86. The third-order valence-electron chi connectivity index (χ3n) is 6.86. The number of carboxylic acid groups (broad SMARTS) is 1. The number of cyclic esters (lactones) is 1. The summed E-state index contributed by atoms with van der Waals surface area (Å²) in [6, 6.07) is 0. The van der Waals surface area contributed by atoms with E-state index in [2.05, 4.69) is 24.8 Å². The van der Waals surface area contributed by atoms with E-state index in [1.807, 2.05) is 0 Å². The molecule has 1 saturated heterocycles. The molecule has 5 aliphatic rings. The fraction of sp³-hybridized carbons (Fsp3) is 0.708. The first kappa shape index (κ1) is 24.2. The lowest BCUT2D eigenvalue weighted by Crippen LogP contribution is -2.59. The second-order valence-electron chi connectivity index (χ2n) is 9.19. The molecule has 0 spiro atoms. The van der Waals surface area contributed by atoms with Gasteiger partial charge in [0.15, 0.2) is 0 Å². The van der Waals surface area contributed by atoms with E-state index < -0.39 is 5.97 Å². The van der Waals surface area contributed by atoms with Crippen molar-refractivity contribution in [3.05, 3.63) is 24.3 Å². The van der Waals surface area contributed by atoms with Crippen LogP contribution in [0.4, 0.5) is 0 Å². The molecule has 1 heterocycles. The predicted molar refractivity (Wildman–Crippen MR) is 114 cm³/mol. The van der Waals surface area contributed by atoms with E-state index >= 15 is 0 Å². The highest BCUT2D eigenvalue weighted by Crippen LogP contribution is 2.60. The topological polar surface area (TPSA) is 89.9 Å². The molecule has 6 nitrogen and oxygen atoms in total. The molecule has 0 aromatic heterocycles. The lowest BCUT2D eigenvalue weighted by Gasteiger charge is -2.60. The van der Waals surface area contributed by atoms with Gasteiger partial charge in [-0.15, -0.1) is 0 Å². The Hall–Kier alpha value is -2.11. The molecule has 0 aromatic rings. The van der Waals surface area contributed by atoms with E-state index in [9.17, 15) is 14.4 Å². The van der Waals surface area contributed by atoms with Crippen molar-refractivity contribution < 1.29 is 29.0 Å². The van der Waals surface area contributed by atoms with Gasteiger partial charge in [-0.3, -0.25) is 4.79 Å². The average Bonchev–Trinajstić information content (AvgIpc) is 3.16. The van der Waals surface area contributed by atoms with Crippen LogP contribution in [0.2, 0.25) is 0 Å². The number of ether oxygens (including phenoxy) is 2. The van der Waals surface area contributed by atoms with Crippen molar-refractivity contribution in [2.45, 2.75) is 77.7 Å². The van der Waals surface area contributed by atoms with Crippen LogP contribution in [0.25, 0.3) is 0 Å². The Bertz CT molecular complexity index is 644. The summed E-state index contributed by atoms with van der Waals surface area (Å²) in [6.07, 6.45) is 9.07. The van der Waals surface area contributed by atoms with Crippen LogP contribution in [-0.2, 0) is 23.9 Å². The third kappa shape index (κ3) is 5.73. The Morgan fingerprint density at radius 2 is 1.57 bits per heavy atom. The van der Waals surface area contributed by atoms with Crippen molar-refractivity contribution in [1.29, 1.82) is 0 Å². The summed E-state index contributed by atoms with van der Waals surface area (Å²) < 4.78 is 10.5.